The largest absolute Gasteiger partial charge is 0.497 e. The van der Waals surface area contributed by atoms with E-state index in [1.807, 2.05) is 57.2 Å². The Morgan fingerprint density at radius 3 is 2.31 bits per heavy atom. The summed E-state index contributed by atoms with van der Waals surface area (Å²) in [5, 5.41) is 6.40. The highest BCUT2D eigenvalue weighted by Gasteiger charge is 2.12. The third-order valence-electron chi connectivity index (χ3n) is 4.40. The SMILES string of the molecule is COc1ccc(CCNC(=NCc2ccc(OC(C)(C)C)nc2)NCC(=O)N(C)C)cc1. The summed E-state index contributed by atoms with van der Waals surface area (Å²) in [6.45, 7) is 7.21. The number of methoxy groups -OCH3 is 1. The van der Waals surface area contributed by atoms with E-state index < -0.39 is 0 Å². The molecule has 0 aliphatic carbocycles. The number of aliphatic imine (C=N–C) groups is 1. The van der Waals surface area contributed by atoms with E-state index in [0.29, 0.717) is 24.9 Å². The number of nitrogens with zero attached hydrogens (tertiary/aromatic N) is 3. The van der Waals surface area contributed by atoms with Crippen molar-refractivity contribution in [2.45, 2.75) is 39.3 Å². The number of rotatable bonds is 9. The second-order valence-corrected chi connectivity index (χ2v) is 8.55. The molecule has 8 heteroatoms. The molecule has 0 spiro atoms. The van der Waals surface area contributed by atoms with Gasteiger partial charge in [-0.1, -0.05) is 18.2 Å². The summed E-state index contributed by atoms with van der Waals surface area (Å²) in [6.07, 6.45) is 2.57. The Hall–Kier alpha value is -3.29. The lowest BCUT2D eigenvalue weighted by Gasteiger charge is -2.20. The molecule has 1 aromatic heterocycles. The van der Waals surface area contributed by atoms with Gasteiger partial charge in [-0.3, -0.25) is 4.79 Å². The number of likely N-dealkylation sites (N-methyl/N-ethyl adjacent to an activating group) is 1. The highest BCUT2D eigenvalue weighted by atomic mass is 16.5. The summed E-state index contributed by atoms with van der Waals surface area (Å²) in [7, 11) is 5.11. The van der Waals surface area contributed by atoms with Gasteiger partial charge >= 0.3 is 0 Å². The van der Waals surface area contributed by atoms with Crippen molar-refractivity contribution < 1.29 is 14.3 Å². The third-order valence-corrected chi connectivity index (χ3v) is 4.40. The van der Waals surface area contributed by atoms with Crippen molar-refractivity contribution in [3.05, 3.63) is 53.7 Å². The van der Waals surface area contributed by atoms with Crippen LogP contribution in [0.4, 0.5) is 0 Å². The van der Waals surface area contributed by atoms with E-state index >= 15 is 0 Å². The van der Waals surface area contributed by atoms with Crippen molar-refractivity contribution in [2.75, 3.05) is 34.3 Å². The molecule has 0 atom stereocenters. The number of pyridine rings is 1. The number of amides is 1. The van der Waals surface area contributed by atoms with Crippen LogP contribution in [0.2, 0.25) is 0 Å². The number of ether oxygens (including phenoxy) is 2. The lowest BCUT2D eigenvalue weighted by molar-refractivity contribution is -0.127. The molecule has 1 heterocycles. The Labute approximate surface area is 191 Å². The normalized spacial score (nSPS) is 11.6. The first kappa shape index (κ1) is 25.0. The van der Waals surface area contributed by atoms with Crippen LogP contribution < -0.4 is 20.1 Å². The van der Waals surface area contributed by atoms with Crippen LogP contribution in [-0.2, 0) is 17.8 Å². The maximum Gasteiger partial charge on any atom is 0.241 e. The summed E-state index contributed by atoms with van der Waals surface area (Å²) in [6, 6.07) is 11.7. The van der Waals surface area contributed by atoms with E-state index in [4.69, 9.17) is 9.47 Å². The van der Waals surface area contributed by atoms with Gasteiger partial charge in [0.1, 0.15) is 11.4 Å². The average molecular weight is 442 g/mol. The van der Waals surface area contributed by atoms with E-state index in [2.05, 4.69) is 20.6 Å². The standard InChI is InChI=1S/C24H35N5O3/c1-24(2,3)32-21-12-9-19(15-26-21)16-27-23(28-17-22(30)29(4)5)25-14-13-18-7-10-20(31-6)11-8-18/h7-12,15H,13-14,16-17H2,1-6H3,(H2,25,27,28). The Morgan fingerprint density at radius 1 is 1.06 bits per heavy atom. The van der Waals surface area contributed by atoms with E-state index in [1.54, 1.807) is 32.3 Å². The van der Waals surface area contributed by atoms with Gasteiger partial charge in [-0.15, -0.1) is 0 Å². The maximum atomic E-state index is 12.0. The summed E-state index contributed by atoms with van der Waals surface area (Å²) in [5.74, 6) is 1.96. The lowest BCUT2D eigenvalue weighted by Crippen LogP contribution is -2.43. The molecule has 0 aliphatic heterocycles. The first-order chi connectivity index (χ1) is 15.2. The Balaban J connectivity index is 1.97. The van der Waals surface area contributed by atoms with Crippen molar-refractivity contribution in [3.63, 3.8) is 0 Å². The average Bonchev–Trinajstić information content (AvgIpc) is 2.75. The van der Waals surface area contributed by atoms with Crippen LogP contribution >= 0.6 is 0 Å². The van der Waals surface area contributed by atoms with Gasteiger partial charge < -0.3 is 25.0 Å². The first-order valence-electron chi connectivity index (χ1n) is 10.7. The Bertz CT molecular complexity index is 872. The van der Waals surface area contributed by atoms with E-state index in [9.17, 15) is 4.79 Å². The quantitative estimate of drug-likeness (QED) is 0.459. The molecule has 0 aliphatic rings. The van der Waals surface area contributed by atoms with Crippen molar-refractivity contribution in [1.29, 1.82) is 0 Å². The molecule has 0 bridgehead atoms. The minimum absolute atomic E-state index is 0.0278. The summed E-state index contributed by atoms with van der Waals surface area (Å²) in [4.78, 5) is 22.5. The van der Waals surface area contributed by atoms with E-state index in [-0.39, 0.29) is 18.1 Å². The molecule has 1 aromatic carbocycles. The van der Waals surface area contributed by atoms with Gasteiger partial charge in [0, 0.05) is 32.9 Å². The number of carbonyl (C=O) groups is 1. The molecular formula is C24H35N5O3. The number of hydrogen-bond donors (Lipinski definition) is 2. The molecule has 174 valence electrons. The van der Waals surface area contributed by atoms with Crippen molar-refractivity contribution in [2.24, 2.45) is 4.99 Å². The van der Waals surface area contributed by atoms with Crippen LogP contribution in [0.5, 0.6) is 11.6 Å². The molecule has 0 saturated heterocycles. The number of aromatic nitrogens is 1. The number of guanidine groups is 1. The predicted molar refractivity (Wildman–Crippen MR) is 127 cm³/mol. The monoisotopic (exact) mass is 441 g/mol. The maximum absolute atomic E-state index is 12.0. The van der Waals surface area contributed by atoms with Gasteiger partial charge in [-0.2, -0.15) is 0 Å². The lowest BCUT2D eigenvalue weighted by atomic mass is 10.1. The van der Waals surface area contributed by atoms with Crippen LogP contribution in [0.15, 0.2) is 47.6 Å². The molecule has 2 N–H and O–H groups in total. The molecule has 1 amide bonds. The van der Waals surface area contributed by atoms with Gasteiger partial charge in [0.15, 0.2) is 5.96 Å². The Kier molecular flexibility index (Phi) is 9.31. The Morgan fingerprint density at radius 2 is 1.75 bits per heavy atom. The van der Waals surface area contributed by atoms with E-state index in [0.717, 1.165) is 17.7 Å². The molecule has 2 aromatic rings. The van der Waals surface area contributed by atoms with Gasteiger partial charge in [0.25, 0.3) is 0 Å². The van der Waals surface area contributed by atoms with Crippen LogP contribution in [-0.4, -0.2) is 61.6 Å². The minimum Gasteiger partial charge on any atom is -0.497 e. The van der Waals surface area contributed by atoms with Gasteiger partial charge in [0.2, 0.25) is 11.8 Å². The fraction of sp³-hybridized carbons (Fsp3) is 0.458. The molecule has 8 nitrogen and oxygen atoms in total. The number of benzene rings is 1. The van der Waals surface area contributed by atoms with Crippen molar-refractivity contribution >= 4 is 11.9 Å². The third kappa shape index (κ3) is 9.24. The second kappa shape index (κ2) is 11.9. The van der Waals surface area contributed by atoms with Crippen LogP contribution in [0.1, 0.15) is 31.9 Å². The van der Waals surface area contributed by atoms with Gasteiger partial charge in [-0.25, -0.2) is 9.98 Å². The number of hydrogen-bond acceptors (Lipinski definition) is 5. The zero-order valence-electron chi connectivity index (χ0n) is 19.9. The highest BCUT2D eigenvalue weighted by Crippen LogP contribution is 2.15. The molecule has 2 rings (SSSR count). The summed E-state index contributed by atoms with van der Waals surface area (Å²) < 4.78 is 11.0. The second-order valence-electron chi connectivity index (χ2n) is 8.55. The summed E-state index contributed by atoms with van der Waals surface area (Å²) >= 11 is 0. The molecule has 32 heavy (non-hydrogen) atoms. The topological polar surface area (TPSA) is 88.1 Å². The zero-order valence-corrected chi connectivity index (χ0v) is 19.9. The molecule has 0 radical (unpaired) electrons. The fourth-order valence-electron chi connectivity index (χ4n) is 2.66. The van der Waals surface area contributed by atoms with E-state index in [1.165, 1.54) is 5.56 Å². The zero-order chi connectivity index (χ0) is 23.6. The minimum atomic E-state index is -0.295. The summed E-state index contributed by atoms with van der Waals surface area (Å²) in [5.41, 5.74) is 1.83. The van der Waals surface area contributed by atoms with Crippen molar-refractivity contribution in [1.82, 2.24) is 20.5 Å². The van der Waals surface area contributed by atoms with Crippen LogP contribution in [0.25, 0.3) is 0 Å². The molecule has 0 fully saturated rings. The van der Waals surface area contributed by atoms with Gasteiger partial charge in [-0.05, 0) is 50.5 Å². The predicted octanol–water partition coefficient (Wildman–Crippen LogP) is 2.63. The molecule has 0 unspecified atom stereocenters. The van der Waals surface area contributed by atoms with Crippen molar-refractivity contribution in [3.8, 4) is 11.6 Å². The van der Waals surface area contributed by atoms with Crippen LogP contribution in [0, 0.1) is 0 Å². The number of carbonyl (C=O) groups excluding carboxylic acids is 1. The molecular weight excluding hydrogens is 406 g/mol. The highest BCUT2D eigenvalue weighted by molar-refractivity contribution is 5.86. The van der Waals surface area contributed by atoms with Crippen LogP contribution in [0.3, 0.4) is 0 Å². The fourth-order valence-corrected chi connectivity index (χ4v) is 2.66. The number of nitrogens with one attached hydrogen (secondary N) is 2. The first-order valence-corrected chi connectivity index (χ1v) is 10.7. The molecule has 0 saturated carbocycles. The van der Waals surface area contributed by atoms with Gasteiger partial charge in [0.05, 0.1) is 20.2 Å². The smallest absolute Gasteiger partial charge is 0.241 e.